The van der Waals surface area contributed by atoms with Gasteiger partial charge in [-0.2, -0.15) is 0 Å². The van der Waals surface area contributed by atoms with E-state index in [1.165, 1.54) is 0 Å². The number of fused-ring (bicyclic) bond motifs is 1. The van der Waals surface area contributed by atoms with Crippen LogP contribution in [0.5, 0.6) is 5.75 Å². The van der Waals surface area contributed by atoms with Gasteiger partial charge in [0.2, 0.25) is 5.91 Å². The van der Waals surface area contributed by atoms with Crippen molar-refractivity contribution < 1.29 is 14.6 Å². The van der Waals surface area contributed by atoms with Crippen molar-refractivity contribution in [2.45, 2.75) is 71.4 Å². The van der Waals surface area contributed by atoms with Crippen LogP contribution in [-0.2, 0) is 16.6 Å². The number of nitrogens with one attached hydrogen (secondary N) is 1. The molecule has 2 aromatic rings. The molecular formula is C24H35N5O3. The molecule has 0 aromatic carbocycles. The maximum atomic E-state index is 12.4. The van der Waals surface area contributed by atoms with Crippen LogP contribution in [-0.4, -0.2) is 57.8 Å². The average Bonchev–Trinajstić information content (AvgIpc) is 2.99. The van der Waals surface area contributed by atoms with Crippen LogP contribution in [0.3, 0.4) is 0 Å². The highest BCUT2D eigenvalue weighted by atomic mass is 16.5. The van der Waals surface area contributed by atoms with Gasteiger partial charge < -0.3 is 20.1 Å². The molecule has 174 valence electrons. The first kappa shape index (κ1) is 23.9. The number of hydrogen-bond acceptors (Lipinski definition) is 7. The van der Waals surface area contributed by atoms with Crippen LogP contribution in [0.2, 0.25) is 0 Å². The number of aryl methyl sites for hydroxylation is 1. The fourth-order valence-corrected chi connectivity index (χ4v) is 3.86. The SMILES string of the molecule is CC(C)NC(=O)CN(C)c1nc(-c2cc(OCC(C)(C)O)ccn2)nc2c1C(C)(C)CC2. The molecule has 0 bridgehead atoms. The van der Waals surface area contributed by atoms with Crippen molar-refractivity contribution in [3.63, 3.8) is 0 Å². The first-order valence-electron chi connectivity index (χ1n) is 11.1. The minimum absolute atomic E-state index is 0.0487. The van der Waals surface area contributed by atoms with E-state index in [0.29, 0.717) is 17.3 Å². The minimum Gasteiger partial charge on any atom is -0.490 e. The summed E-state index contributed by atoms with van der Waals surface area (Å²) >= 11 is 0. The number of carbonyl (C=O) groups is 1. The largest absolute Gasteiger partial charge is 0.490 e. The van der Waals surface area contributed by atoms with Crippen molar-refractivity contribution in [3.8, 4) is 17.3 Å². The quantitative estimate of drug-likeness (QED) is 0.650. The first-order chi connectivity index (χ1) is 14.9. The van der Waals surface area contributed by atoms with Crippen molar-refractivity contribution in [2.75, 3.05) is 25.1 Å². The molecule has 0 atom stereocenters. The summed E-state index contributed by atoms with van der Waals surface area (Å²) in [7, 11) is 1.89. The van der Waals surface area contributed by atoms with Crippen molar-refractivity contribution in [3.05, 3.63) is 29.6 Å². The zero-order valence-electron chi connectivity index (χ0n) is 20.2. The number of anilines is 1. The Labute approximate surface area is 190 Å². The Morgan fingerprint density at radius 1 is 1.34 bits per heavy atom. The number of likely N-dealkylation sites (N-methyl/N-ethyl adjacent to an activating group) is 1. The van der Waals surface area contributed by atoms with Gasteiger partial charge in [0.15, 0.2) is 5.82 Å². The highest BCUT2D eigenvalue weighted by Crippen LogP contribution is 2.43. The Morgan fingerprint density at radius 2 is 2.06 bits per heavy atom. The van der Waals surface area contributed by atoms with Gasteiger partial charge in [0, 0.05) is 30.9 Å². The number of aromatic nitrogens is 3. The Morgan fingerprint density at radius 3 is 2.72 bits per heavy atom. The summed E-state index contributed by atoms with van der Waals surface area (Å²) in [6.45, 7) is 12.0. The molecule has 8 heteroatoms. The van der Waals surface area contributed by atoms with E-state index in [-0.39, 0.29) is 30.5 Å². The Balaban J connectivity index is 1.97. The summed E-state index contributed by atoms with van der Waals surface area (Å²) in [5.74, 6) is 1.80. The lowest BCUT2D eigenvalue weighted by Gasteiger charge is -2.27. The van der Waals surface area contributed by atoms with Crippen LogP contribution in [0.25, 0.3) is 11.5 Å². The molecule has 2 N–H and O–H groups in total. The van der Waals surface area contributed by atoms with Crippen LogP contribution in [0.1, 0.15) is 59.2 Å². The number of pyridine rings is 1. The smallest absolute Gasteiger partial charge is 0.239 e. The molecule has 0 fully saturated rings. The molecule has 1 aliphatic rings. The first-order valence-corrected chi connectivity index (χ1v) is 11.1. The van der Waals surface area contributed by atoms with Gasteiger partial charge in [0.25, 0.3) is 0 Å². The number of hydrogen-bond donors (Lipinski definition) is 2. The number of ether oxygens (including phenoxy) is 1. The zero-order valence-corrected chi connectivity index (χ0v) is 20.2. The molecular weight excluding hydrogens is 406 g/mol. The van der Waals surface area contributed by atoms with Crippen LogP contribution >= 0.6 is 0 Å². The van der Waals surface area contributed by atoms with Gasteiger partial charge in [-0.1, -0.05) is 13.8 Å². The summed E-state index contributed by atoms with van der Waals surface area (Å²) in [6, 6.07) is 3.60. The van der Waals surface area contributed by atoms with Gasteiger partial charge in [0.05, 0.1) is 17.8 Å². The molecule has 0 radical (unpaired) electrons. The van der Waals surface area contributed by atoms with Crippen LogP contribution in [0.4, 0.5) is 5.82 Å². The van der Waals surface area contributed by atoms with Gasteiger partial charge in [-0.3, -0.25) is 9.78 Å². The van der Waals surface area contributed by atoms with Crippen molar-refractivity contribution in [1.29, 1.82) is 0 Å². The van der Waals surface area contributed by atoms with E-state index in [4.69, 9.17) is 14.7 Å². The standard InChI is InChI=1S/C24H35N5O3/c1-15(2)26-19(30)13-29(7)22-20-17(8-10-23(20,3)4)27-21(28-22)18-12-16(9-11-25-18)32-14-24(5,6)31/h9,11-12,15,31H,8,10,13-14H2,1-7H3,(H,26,30). The highest BCUT2D eigenvalue weighted by molar-refractivity contribution is 5.81. The number of carbonyl (C=O) groups excluding carboxylic acids is 1. The molecule has 32 heavy (non-hydrogen) atoms. The Kier molecular flexibility index (Phi) is 6.74. The molecule has 0 aliphatic heterocycles. The van der Waals surface area contributed by atoms with Gasteiger partial charge in [-0.05, 0) is 52.0 Å². The van der Waals surface area contributed by atoms with Crippen LogP contribution in [0, 0.1) is 0 Å². The molecule has 2 aromatic heterocycles. The molecule has 0 saturated carbocycles. The lowest BCUT2D eigenvalue weighted by Crippen LogP contribution is -2.39. The van der Waals surface area contributed by atoms with Gasteiger partial charge in [-0.25, -0.2) is 9.97 Å². The van der Waals surface area contributed by atoms with Gasteiger partial charge >= 0.3 is 0 Å². The second-order valence-corrected chi connectivity index (χ2v) is 10.1. The third-order valence-electron chi connectivity index (χ3n) is 5.37. The summed E-state index contributed by atoms with van der Waals surface area (Å²) in [6.07, 6.45) is 3.47. The highest BCUT2D eigenvalue weighted by Gasteiger charge is 2.36. The number of aliphatic hydroxyl groups is 1. The number of nitrogens with zero attached hydrogens (tertiary/aromatic N) is 4. The Hall–Kier alpha value is -2.74. The van der Waals surface area contributed by atoms with Crippen molar-refractivity contribution in [1.82, 2.24) is 20.3 Å². The van der Waals surface area contributed by atoms with Crippen LogP contribution in [0.15, 0.2) is 18.3 Å². The lowest BCUT2D eigenvalue weighted by molar-refractivity contribution is -0.120. The second-order valence-electron chi connectivity index (χ2n) is 10.1. The monoisotopic (exact) mass is 441 g/mol. The van der Waals surface area contributed by atoms with Gasteiger partial charge in [0.1, 0.15) is 23.9 Å². The Bertz CT molecular complexity index is 982. The maximum absolute atomic E-state index is 12.4. The second kappa shape index (κ2) is 9.02. The lowest BCUT2D eigenvalue weighted by atomic mass is 9.87. The molecule has 2 heterocycles. The van der Waals surface area contributed by atoms with E-state index in [0.717, 1.165) is 29.9 Å². The third kappa shape index (κ3) is 5.73. The van der Waals surface area contributed by atoms with E-state index < -0.39 is 5.60 Å². The van der Waals surface area contributed by atoms with Crippen LogP contribution < -0.4 is 15.0 Å². The molecule has 0 saturated heterocycles. The molecule has 8 nitrogen and oxygen atoms in total. The summed E-state index contributed by atoms with van der Waals surface area (Å²) < 4.78 is 5.72. The summed E-state index contributed by atoms with van der Waals surface area (Å²) in [5, 5.41) is 12.9. The van der Waals surface area contributed by atoms with Crippen molar-refractivity contribution >= 4 is 11.7 Å². The third-order valence-corrected chi connectivity index (χ3v) is 5.37. The van der Waals surface area contributed by atoms with E-state index in [1.807, 2.05) is 25.8 Å². The molecule has 0 spiro atoms. The fourth-order valence-electron chi connectivity index (χ4n) is 3.86. The molecule has 1 aliphatic carbocycles. The summed E-state index contributed by atoms with van der Waals surface area (Å²) in [5.41, 5.74) is 1.67. The molecule has 0 unspecified atom stereocenters. The molecule has 3 rings (SSSR count). The fraction of sp³-hybridized carbons (Fsp3) is 0.583. The average molecular weight is 442 g/mol. The normalized spacial score (nSPS) is 14.9. The summed E-state index contributed by atoms with van der Waals surface area (Å²) in [4.78, 5) is 28.4. The van der Waals surface area contributed by atoms with Gasteiger partial charge in [-0.15, -0.1) is 0 Å². The van der Waals surface area contributed by atoms with E-state index in [9.17, 15) is 9.90 Å². The van der Waals surface area contributed by atoms with Crippen molar-refractivity contribution in [2.24, 2.45) is 0 Å². The molecule has 1 amide bonds. The predicted molar refractivity (Wildman–Crippen MR) is 125 cm³/mol. The van der Waals surface area contributed by atoms with E-state index >= 15 is 0 Å². The topological polar surface area (TPSA) is 100 Å². The van der Waals surface area contributed by atoms with E-state index in [2.05, 4.69) is 24.1 Å². The minimum atomic E-state index is -0.939. The predicted octanol–water partition coefficient (Wildman–Crippen LogP) is 2.87. The zero-order chi connectivity index (χ0) is 23.7. The number of amides is 1. The van der Waals surface area contributed by atoms with E-state index in [1.54, 1.807) is 32.2 Å². The maximum Gasteiger partial charge on any atom is 0.239 e. The number of rotatable bonds is 8.